The van der Waals surface area contributed by atoms with Crippen LogP contribution in [0, 0.1) is 0 Å². The number of hydrogen-bond acceptors (Lipinski definition) is 6. The highest BCUT2D eigenvalue weighted by molar-refractivity contribution is 6.41. The van der Waals surface area contributed by atoms with Gasteiger partial charge in [0.1, 0.15) is 17.1 Å². The average Bonchev–Trinajstić information content (AvgIpc) is 3.48. The zero-order chi connectivity index (χ0) is 27.7. The van der Waals surface area contributed by atoms with Gasteiger partial charge in [0, 0.05) is 34.8 Å². The largest absolute Gasteiger partial charge is 0.495 e. The fourth-order valence-electron chi connectivity index (χ4n) is 5.02. The number of carbonyl (C=O) groups is 1. The van der Waals surface area contributed by atoms with E-state index in [1.807, 2.05) is 12.1 Å². The van der Waals surface area contributed by atoms with Crippen LogP contribution in [0.25, 0.3) is 33.5 Å². The Hall–Kier alpha value is -3.88. The lowest BCUT2D eigenvalue weighted by molar-refractivity contribution is -0.111. The van der Waals surface area contributed by atoms with E-state index < -0.39 is 0 Å². The number of rotatable bonds is 7. The summed E-state index contributed by atoms with van der Waals surface area (Å²) in [4.78, 5) is 35.7. The van der Waals surface area contributed by atoms with Gasteiger partial charge in [-0.05, 0) is 37.1 Å². The highest BCUT2D eigenvalue weighted by atomic mass is 35.5. The summed E-state index contributed by atoms with van der Waals surface area (Å²) in [5.41, 5.74) is 2.01. The van der Waals surface area contributed by atoms with Crippen LogP contribution in [0.3, 0.4) is 0 Å². The van der Waals surface area contributed by atoms with E-state index >= 15 is 0 Å². The molecule has 200 valence electrons. The Morgan fingerprint density at radius 2 is 1.74 bits per heavy atom. The minimum atomic E-state index is -0.349. The number of carbonyl (C=O) groups excluding carboxylic acids is 1. The third kappa shape index (κ3) is 4.86. The number of nitrogens with one attached hydrogen (secondary N) is 1. The van der Waals surface area contributed by atoms with E-state index in [0.717, 1.165) is 25.7 Å². The summed E-state index contributed by atoms with van der Waals surface area (Å²) in [6.45, 7) is 3.52. The molecular weight excluding hydrogens is 539 g/mol. The molecule has 5 rings (SSSR count). The number of nitrogens with zero attached hydrogens (tertiary/aromatic N) is 3. The quantitative estimate of drug-likeness (QED) is 0.251. The van der Waals surface area contributed by atoms with Gasteiger partial charge in [-0.1, -0.05) is 54.8 Å². The summed E-state index contributed by atoms with van der Waals surface area (Å²) in [6, 6.07) is 10.4. The molecule has 0 atom stereocenters. The fourth-order valence-corrected chi connectivity index (χ4v) is 5.73. The maximum Gasteiger partial charge on any atom is 0.260 e. The van der Waals surface area contributed by atoms with Crippen LogP contribution in [-0.2, 0) is 4.79 Å². The number of fused-ring (bicyclic) bond motifs is 1. The van der Waals surface area contributed by atoms with Gasteiger partial charge < -0.3 is 14.8 Å². The molecule has 10 heteroatoms. The first-order valence-electron chi connectivity index (χ1n) is 12.4. The minimum Gasteiger partial charge on any atom is -0.495 e. The molecule has 1 amide bonds. The smallest absolute Gasteiger partial charge is 0.260 e. The predicted octanol–water partition coefficient (Wildman–Crippen LogP) is 6.69. The molecule has 2 aromatic heterocycles. The summed E-state index contributed by atoms with van der Waals surface area (Å²) < 4.78 is 12.6. The Bertz CT molecular complexity index is 1630. The van der Waals surface area contributed by atoms with Crippen molar-refractivity contribution >= 4 is 45.8 Å². The molecule has 1 aliphatic carbocycles. The van der Waals surface area contributed by atoms with E-state index in [1.54, 1.807) is 35.0 Å². The highest BCUT2D eigenvalue weighted by Gasteiger charge is 2.27. The van der Waals surface area contributed by atoms with Crippen molar-refractivity contribution in [2.24, 2.45) is 0 Å². The number of pyridine rings is 1. The molecule has 0 bridgehead atoms. The van der Waals surface area contributed by atoms with Crippen LogP contribution >= 0.6 is 23.2 Å². The number of aromatic nitrogens is 3. The first-order valence-corrected chi connectivity index (χ1v) is 13.2. The molecule has 1 aliphatic rings. The molecule has 0 radical (unpaired) electrons. The number of amides is 1. The first-order chi connectivity index (χ1) is 18.9. The first kappa shape index (κ1) is 26.7. The number of hydrogen-bond donors (Lipinski definition) is 1. The molecule has 0 aliphatic heterocycles. The van der Waals surface area contributed by atoms with Crippen LogP contribution in [-0.4, -0.2) is 34.7 Å². The van der Waals surface area contributed by atoms with Crippen LogP contribution in [0.1, 0.15) is 31.7 Å². The van der Waals surface area contributed by atoms with Crippen molar-refractivity contribution in [1.29, 1.82) is 0 Å². The Kier molecular flexibility index (Phi) is 7.59. The molecule has 4 aromatic rings. The molecule has 8 nitrogen and oxygen atoms in total. The summed E-state index contributed by atoms with van der Waals surface area (Å²) in [5.74, 6) is 0.702. The van der Waals surface area contributed by atoms with Gasteiger partial charge in [0.2, 0.25) is 5.91 Å². The van der Waals surface area contributed by atoms with Gasteiger partial charge in [0.25, 0.3) is 5.56 Å². The number of para-hydroxylation sites is 1. The maximum absolute atomic E-state index is 14.2. The second-order valence-electron chi connectivity index (χ2n) is 9.17. The molecule has 39 heavy (non-hydrogen) atoms. The number of benzene rings is 2. The van der Waals surface area contributed by atoms with Gasteiger partial charge in [0.05, 0.1) is 35.5 Å². The van der Waals surface area contributed by atoms with E-state index in [9.17, 15) is 9.59 Å². The van der Waals surface area contributed by atoms with Crippen molar-refractivity contribution < 1.29 is 14.3 Å². The van der Waals surface area contributed by atoms with E-state index in [4.69, 9.17) is 37.7 Å². The van der Waals surface area contributed by atoms with Crippen molar-refractivity contribution in [1.82, 2.24) is 14.5 Å². The lowest BCUT2D eigenvalue weighted by Gasteiger charge is -2.20. The molecule has 1 fully saturated rings. The van der Waals surface area contributed by atoms with E-state index in [2.05, 4.69) is 16.9 Å². The van der Waals surface area contributed by atoms with Crippen LogP contribution in [0.2, 0.25) is 10.0 Å². The van der Waals surface area contributed by atoms with E-state index in [1.165, 1.54) is 20.3 Å². The molecule has 0 unspecified atom stereocenters. The Labute approximate surface area is 235 Å². The number of methoxy groups -OCH3 is 2. The molecule has 0 saturated heterocycles. The van der Waals surface area contributed by atoms with Crippen LogP contribution in [0.5, 0.6) is 11.5 Å². The molecule has 2 heterocycles. The van der Waals surface area contributed by atoms with Crippen LogP contribution in [0.4, 0.5) is 5.69 Å². The van der Waals surface area contributed by atoms with E-state index in [0.29, 0.717) is 50.7 Å². The SMILES string of the molecule is C=CC(=O)Nc1ccccc1-c1ncc2cc(-c3c(Cl)c(OC)cc(OC)c3Cl)c(=O)n(C3CCCC3)c2n1. The maximum atomic E-state index is 14.2. The summed E-state index contributed by atoms with van der Waals surface area (Å²) >= 11 is 13.4. The molecule has 1 saturated carbocycles. The van der Waals surface area contributed by atoms with Gasteiger partial charge in [-0.3, -0.25) is 14.2 Å². The topological polar surface area (TPSA) is 95.3 Å². The number of ether oxygens (including phenoxy) is 2. The standard InChI is InChI=1S/C29H26Cl2N4O4/c1-4-23(36)33-20-12-8-7-11-18(20)27-32-15-16-13-19(24-25(30)21(38-2)14-22(39-3)26(24)31)29(37)35(28(16)34-27)17-9-5-6-10-17/h4,7-8,11-15,17H,1,5-6,9-10H2,2-3H3,(H,33,36). The van der Waals surface area contributed by atoms with Crippen molar-refractivity contribution in [2.45, 2.75) is 31.7 Å². The zero-order valence-corrected chi connectivity index (χ0v) is 23.0. The molecule has 1 N–H and O–H groups in total. The minimum absolute atomic E-state index is 0.0523. The lowest BCUT2D eigenvalue weighted by atomic mass is 10.0. The van der Waals surface area contributed by atoms with Crippen LogP contribution < -0.4 is 20.3 Å². The van der Waals surface area contributed by atoms with Gasteiger partial charge in [-0.25, -0.2) is 9.97 Å². The second-order valence-corrected chi connectivity index (χ2v) is 9.92. The van der Waals surface area contributed by atoms with Crippen molar-refractivity contribution in [2.75, 3.05) is 19.5 Å². The van der Waals surface area contributed by atoms with E-state index in [-0.39, 0.29) is 27.6 Å². The zero-order valence-electron chi connectivity index (χ0n) is 21.5. The Morgan fingerprint density at radius 1 is 1.08 bits per heavy atom. The third-order valence-corrected chi connectivity index (χ3v) is 7.67. The molecule has 2 aromatic carbocycles. The van der Waals surface area contributed by atoms with Gasteiger partial charge >= 0.3 is 0 Å². The highest BCUT2D eigenvalue weighted by Crippen LogP contribution is 2.46. The van der Waals surface area contributed by atoms with Crippen molar-refractivity contribution in [3.05, 3.63) is 75.6 Å². The van der Waals surface area contributed by atoms with Gasteiger partial charge in [0.15, 0.2) is 5.82 Å². The third-order valence-electron chi connectivity index (χ3n) is 6.92. The predicted molar refractivity (Wildman–Crippen MR) is 154 cm³/mol. The normalized spacial score (nSPS) is 13.4. The summed E-state index contributed by atoms with van der Waals surface area (Å²) in [5, 5.41) is 3.86. The van der Waals surface area contributed by atoms with Crippen molar-refractivity contribution in [3.63, 3.8) is 0 Å². The Morgan fingerprint density at radius 3 is 2.38 bits per heavy atom. The summed E-state index contributed by atoms with van der Waals surface area (Å²) in [6.07, 6.45) is 6.55. The number of halogens is 2. The lowest BCUT2D eigenvalue weighted by Crippen LogP contribution is -2.26. The monoisotopic (exact) mass is 564 g/mol. The second kappa shape index (κ2) is 11.1. The molecular formula is C29H26Cl2N4O4. The average molecular weight is 565 g/mol. The van der Waals surface area contributed by atoms with Crippen molar-refractivity contribution in [3.8, 4) is 34.0 Å². The van der Waals surface area contributed by atoms with Crippen LogP contribution in [0.15, 0.2) is 60.0 Å². The Balaban J connectivity index is 1.78. The number of anilines is 1. The molecule has 0 spiro atoms. The van der Waals surface area contributed by atoms with Gasteiger partial charge in [-0.15, -0.1) is 0 Å². The fraction of sp³-hybridized carbons (Fsp3) is 0.241. The van der Waals surface area contributed by atoms with Gasteiger partial charge in [-0.2, -0.15) is 0 Å². The summed E-state index contributed by atoms with van der Waals surface area (Å²) in [7, 11) is 2.97.